The second kappa shape index (κ2) is 2.86. The summed E-state index contributed by atoms with van der Waals surface area (Å²) in [6.45, 7) is 1.76. The molecule has 64 valence electrons. The Kier molecular flexibility index (Phi) is 2.05. The van der Waals surface area contributed by atoms with Gasteiger partial charge in [0.05, 0.1) is 11.3 Å². The van der Waals surface area contributed by atoms with Crippen molar-refractivity contribution in [2.75, 3.05) is 0 Å². The fourth-order valence-electron chi connectivity index (χ4n) is 0.630. The van der Waals surface area contributed by atoms with E-state index in [0.29, 0.717) is 0 Å². The average Bonchev–Trinajstić information content (AvgIpc) is 2.68. The predicted molar refractivity (Wildman–Crippen MR) is 38.8 cm³/mol. The third kappa shape index (κ3) is 1.99. The molecule has 0 aromatic rings. The molecule has 1 saturated carbocycles. The van der Waals surface area contributed by atoms with Crippen molar-refractivity contribution >= 4 is 11.9 Å². The van der Waals surface area contributed by atoms with Gasteiger partial charge in [0.2, 0.25) is 0 Å². The molecular weight excluding hydrogens is 160 g/mol. The van der Waals surface area contributed by atoms with Crippen LogP contribution in [0.4, 0.5) is 0 Å². The standard InChI is InChI=1S/C8H8O4/c1-8(3-4-8)7(11)12-5-2-6(9)10/h3-4H2,1H3,(H,9,10). The Morgan fingerprint density at radius 2 is 2.08 bits per heavy atom. The predicted octanol–water partition coefficient (Wildman–Crippen LogP) is 0.375. The number of carboxylic acid groups (broad SMARTS) is 1. The Bertz CT molecular complexity index is 277. The van der Waals surface area contributed by atoms with E-state index >= 15 is 0 Å². The van der Waals surface area contributed by atoms with Crippen molar-refractivity contribution < 1.29 is 19.4 Å². The molecule has 0 saturated heterocycles. The third-order valence-electron chi connectivity index (χ3n) is 1.79. The first-order valence-corrected chi connectivity index (χ1v) is 3.50. The number of rotatable bonds is 1. The van der Waals surface area contributed by atoms with Crippen LogP contribution in [-0.2, 0) is 14.3 Å². The molecule has 0 bridgehead atoms. The van der Waals surface area contributed by atoms with Crippen molar-refractivity contribution in [3.8, 4) is 12.0 Å². The fourth-order valence-corrected chi connectivity index (χ4v) is 0.630. The van der Waals surface area contributed by atoms with Crippen LogP contribution in [0.3, 0.4) is 0 Å². The van der Waals surface area contributed by atoms with Crippen molar-refractivity contribution in [3.63, 3.8) is 0 Å². The SMILES string of the molecule is CC1(C(=O)OC#CC(=O)O)CC1. The summed E-state index contributed by atoms with van der Waals surface area (Å²) >= 11 is 0. The Balaban J connectivity index is 2.39. The minimum atomic E-state index is -1.30. The molecule has 0 unspecified atom stereocenters. The zero-order chi connectivity index (χ0) is 9.19. The monoisotopic (exact) mass is 168 g/mol. The van der Waals surface area contributed by atoms with Crippen LogP contribution >= 0.6 is 0 Å². The molecule has 4 heteroatoms. The van der Waals surface area contributed by atoms with Crippen LogP contribution in [0.2, 0.25) is 0 Å². The van der Waals surface area contributed by atoms with E-state index in [1.807, 2.05) is 6.11 Å². The molecule has 0 aromatic carbocycles. The van der Waals surface area contributed by atoms with Gasteiger partial charge in [-0.1, -0.05) is 0 Å². The molecule has 0 radical (unpaired) electrons. The van der Waals surface area contributed by atoms with Gasteiger partial charge in [0.25, 0.3) is 0 Å². The van der Waals surface area contributed by atoms with E-state index < -0.39 is 17.4 Å². The summed E-state index contributed by atoms with van der Waals surface area (Å²) in [6.07, 6.45) is 3.42. The number of aliphatic carboxylic acids is 1. The third-order valence-corrected chi connectivity index (χ3v) is 1.79. The van der Waals surface area contributed by atoms with Crippen molar-refractivity contribution in [2.45, 2.75) is 19.8 Å². The van der Waals surface area contributed by atoms with Crippen molar-refractivity contribution in [2.24, 2.45) is 5.41 Å². The normalized spacial score (nSPS) is 17.1. The number of hydrogen-bond acceptors (Lipinski definition) is 3. The molecule has 12 heavy (non-hydrogen) atoms. The maximum Gasteiger partial charge on any atom is 0.385 e. The Morgan fingerprint density at radius 3 is 2.50 bits per heavy atom. The van der Waals surface area contributed by atoms with Crippen molar-refractivity contribution in [3.05, 3.63) is 0 Å². The lowest BCUT2D eigenvalue weighted by molar-refractivity contribution is -0.142. The van der Waals surface area contributed by atoms with Gasteiger partial charge in [0, 0.05) is 0 Å². The van der Waals surface area contributed by atoms with Crippen molar-refractivity contribution in [1.29, 1.82) is 0 Å². The van der Waals surface area contributed by atoms with Gasteiger partial charge in [-0.15, -0.1) is 0 Å². The first-order valence-electron chi connectivity index (χ1n) is 3.50. The van der Waals surface area contributed by atoms with Gasteiger partial charge in [0.15, 0.2) is 0 Å². The zero-order valence-corrected chi connectivity index (χ0v) is 6.59. The number of carboxylic acids is 1. The molecule has 0 aliphatic heterocycles. The van der Waals surface area contributed by atoms with Gasteiger partial charge in [0.1, 0.15) is 6.11 Å². The highest BCUT2D eigenvalue weighted by Gasteiger charge is 2.46. The van der Waals surface area contributed by atoms with E-state index in [2.05, 4.69) is 4.74 Å². The fraction of sp³-hybridized carbons (Fsp3) is 0.500. The van der Waals surface area contributed by atoms with Crippen LogP contribution in [0.5, 0.6) is 0 Å². The molecule has 1 N–H and O–H groups in total. The Hall–Kier alpha value is -1.50. The molecule has 0 amide bonds. The molecule has 1 aliphatic carbocycles. The highest BCUT2D eigenvalue weighted by molar-refractivity contribution is 5.87. The van der Waals surface area contributed by atoms with E-state index in [1.165, 1.54) is 0 Å². The van der Waals surface area contributed by atoms with Crippen LogP contribution < -0.4 is 0 Å². The molecule has 0 heterocycles. The highest BCUT2D eigenvalue weighted by atomic mass is 16.5. The number of ether oxygens (including phenoxy) is 1. The molecule has 0 aromatic heterocycles. The lowest BCUT2D eigenvalue weighted by Gasteiger charge is -2.00. The van der Waals surface area contributed by atoms with Crippen LogP contribution in [0.15, 0.2) is 0 Å². The smallest absolute Gasteiger partial charge is 0.385 e. The van der Waals surface area contributed by atoms with Crippen LogP contribution in [0.25, 0.3) is 0 Å². The summed E-state index contributed by atoms with van der Waals surface area (Å²) in [5.41, 5.74) is -0.410. The maximum atomic E-state index is 11.0. The van der Waals surface area contributed by atoms with Gasteiger partial charge < -0.3 is 9.84 Å². The summed E-state index contributed by atoms with van der Waals surface area (Å²) in [5.74, 6) is -0.0362. The average molecular weight is 168 g/mol. The lowest BCUT2D eigenvalue weighted by atomic mass is 10.1. The van der Waals surface area contributed by atoms with Crippen LogP contribution in [-0.4, -0.2) is 17.0 Å². The minimum absolute atomic E-state index is 0.410. The number of hydrogen-bond donors (Lipinski definition) is 1. The van der Waals surface area contributed by atoms with Crippen LogP contribution in [0.1, 0.15) is 19.8 Å². The summed E-state index contributed by atoms with van der Waals surface area (Å²) in [5, 5.41) is 8.08. The van der Waals surface area contributed by atoms with E-state index in [4.69, 9.17) is 5.11 Å². The lowest BCUT2D eigenvalue weighted by Crippen LogP contribution is -2.12. The minimum Gasteiger partial charge on any atom is -0.472 e. The van der Waals surface area contributed by atoms with Crippen LogP contribution in [0, 0.1) is 17.4 Å². The Labute approximate surface area is 69.5 Å². The molecule has 1 aliphatic rings. The highest BCUT2D eigenvalue weighted by Crippen LogP contribution is 2.45. The van der Waals surface area contributed by atoms with E-state index in [0.717, 1.165) is 12.8 Å². The van der Waals surface area contributed by atoms with Gasteiger partial charge in [-0.25, -0.2) is 4.79 Å². The van der Waals surface area contributed by atoms with Gasteiger partial charge in [-0.2, -0.15) is 0 Å². The van der Waals surface area contributed by atoms with E-state index in [1.54, 1.807) is 12.8 Å². The molecular formula is C8H8O4. The number of carbonyl (C=O) groups is 2. The maximum absolute atomic E-state index is 11.0. The van der Waals surface area contributed by atoms with Gasteiger partial charge in [-0.05, 0) is 19.8 Å². The Morgan fingerprint density at radius 1 is 1.50 bits per heavy atom. The van der Waals surface area contributed by atoms with E-state index in [-0.39, 0.29) is 0 Å². The largest absolute Gasteiger partial charge is 0.472 e. The second-order valence-corrected chi connectivity index (χ2v) is 2.98. The zero-order valence-electron chi connectivity index (χ0n) is 6.59. The topological polar surface area (TPSA) is 63.6 Å². The van der Waals surface area contributed by atoms with Crippen molar-refractivity contribution in [1.82, 2.24) is 0 Å². The second-order valence-electron chi connectivity index (χ2n) is 2.98. The summed E-state index contributed by atoms with van der Waals surface area (Å²) < 4.78 is 4.40. The summed E-state index contributed by atoms with van der Waals surface area (Å²) in [7, 11) is 0. The summed E-state index contributed by atoms with van der Waals surface area (Å²) in [4.78, 5) is 20.9. The number of carbonyl (C=O) groups excluding carboxylic acids is 1. The molecule has 4 nitrogen and oxygen atoms in total. The molecule has 1 fully saturated rings. The molecule has 1 rings (SSSR count). The first-order chi connectivity index (χ1) is 5.54. The molecule has 0 atom stereocenters. The van der Waals surface area contributed by atoms with Gasteiger partial charge >= 0.3 is 11.9 Å². The quantitative estimate of drug-likeness (QED) is 0.454. The summed E-state index contributed by atoms with van der Waals surface area (Å²) in [6, 6.07) is 0. The molecule has 0 spiro atoms. The first kappa shape index (κ1) is 8.60. The number of esters is 1. The van der Waals surface area contributed by atoms with E-state index in [9.17, 15) is 9.59 Å². The van der Waals surface area contributed by atoms with Gasteiger partial charge in [-0.3, -0.25) is 4.79 Å².